The first-order chi connectivity index (χ1) is 2.00. The van der Waals surface area contributed by atoms with E-state index >= 15 is 0 Å². The van der Waals surface area contributed by atoms with Crippen LogP contribution in [0.1, 0.15) is 0 Å². The molecule has 0 aromatic rings. The van der Waals surface area contributed by atoms with Crippen molar-refractivity contribution in [3.05, 3.63) is 0 Å². The summed E-state index contributed by atoms with van der Waals surface area (Å²) in [5, 5.41) is 9.40. The molecule has 0 aliphatic carbocycles. The van der Waals surface area contributed by atoms with Gasteiger partial charge in [0.05, 0.1) is 0 Å². The Bertz CT molecular complexity index is 26.3. The van der Waals surface area contributed by atoms with Gasteiger partial charge in [0.25, 0.3) is 0 Å². The van der Waals surface area contributed by atoms with E-state index in [1.165, 1.54) is 0 Å². The van der Waals surface area contributed by atoms with Crippen LogP contribution in [0.5, 0.6) is 0 Å². The smallest absolute Gasteiger partial charge is 0.813 e. The molecule has 0 fully saturated rings. The van der Waals surface area contributed by atoms with Gasteiger partial charge in [-0.25, -0.2) is 0 Å². The summed E-state index contributed by atoms with van der Waals surface area (Å²) in [6.45, 7) is 0. The molecule has 6 heavy (non-hydrogen) atoms. The quantitative estimate of drug-likeness (QED) is 0.286. The van der Waals surface area contributed by atoms with Crippen LogP contribution < -0.4 is 34.7 Å². The fourth-order valence-corrected chi connectivity index (χ4v) is 0. The Hall–Kier alpha value is 1.83. The van der Waals surface area contributed by atoms with E-state index in [1.807, 2.05) is 0 Å². The molecule has 0 radical (unpaired) electrons. The maximum atomic E-state index is 9.40. The molecule has 5 heteroatoms. The summed E-state index contributed by atoms with van der Waals surface area (Å²) in [4.78, 5) is 0. The molecule has 0 aliphatic rings. The van der Waals surface area contributed by atoms with Gasteiger partial charge in [0.15, 0.2) is 0 Å². The Balaban J connectivity index is 0. The summed E-state index contributed by atoms with van der Waals surface area (Å²) >= 11 is 13.5. The fourth-order valence-electron chi connectivity index (χ4n) is 0. The van der Waals surface area contributed by atoms with Gasteiger partial charge in [-0.3, -0.25) is 0 Å². The van der Waals surface area contributed by atoms with Crippen LogP contribution >= 0.6 is 34.8 Å². The monoisotopic (exact) mass is 156 g/mol. The molecule has 0 N–H and O–H groups in total. The fraction of sp³-hybridized carbons (Fsp3) is 1.00. The van der Waals surface area contributed by atoms with Crippen LogP contribution in [0.3, 0.4) is 0 Å². The second-order valence-electron chi connectivity index (χ2n) is 0.446. The normalized spacial score (nSPS) is 10.0. The Morgan fingerprint density at radius 1 is 1.17 bits per heavy atom. The van der Waals surface area contributed by atoms with Crippen LogP contribution in [0.15, 0.2) is 0 Å². The van der Waals surface area contributed by atoms with Gasteiger partial charge < -0.3 is 5.11 Å². The van der Waals surface area contributed by atoms with E-state index in [0.717, 1.165) is 0 Å². The van der Waals surface area contributed by atoms with Gasteiger partial charge in [0.1, 0.15) is 3.98 Å². The van der Waals surface area contributed by atoms with Crippen molar-refractivity contribution in [3.63, 3.8) is 0 Å². The molecule has 0 unspecified atom stereocenters. The number of hydrogen-bond acceptors (Lipinski definition) is 1. The zero-order valence-electron chi connectivity index (χ0n) is 3.04. The molecular formula is CCl3NaO. The Morgan fingerprint density at radius 2 is 1.17 bits per heavy atom. The minimum Gasteiger partial charge on any atom is -0.813 e. The van der Waals surface area contributed by atoms with Crippen LogP contribution in [0.2, 0.25) is 0 Å². The van der Waals surface area contributed by atoms with Crippen molar-refractivity contribution >= 4 is 34.8 Å². The summed E-state index contributed by atoms with van der Waals surface area (Å²) in [5.41, 5.74) is 0. The molecule has 0 aromatic heterocycles. The van der Waals surface area contributed by atoms with E-state index in [9.17, 15) is 5.11 Å². The van der Waals surface area contributed by atoms with Gasteiger partial charge in [-0.15, -0.1) is 34.8 Å². The minimum atomic E-state index is -2.33. The topological polar surface area (TPSA) is 23.1 Å². The first-order valence-corrected chi connectivity index (χ1v) is 1.90. The third-order valence-electron chi connectivity index (χ3n) is 0. The number of halogens is 3. The largest absolute Gasteiger partial charge is 1.00 e. The Morgan fingerprint density at radius 3 is 1.17 bits per heavy atom. The van der Waals surface area contributed by atoms with Gasteiger partial charge in [0, 0.05) is 0 Å². The van der Waals surface area contributed by atoms with Gasteiger partial charge in [0.2, 0.25) is 0 Å². The second-order valence-corrected chi connectivity index (χ2v) is 2.62. The third-order valence-corrected chi connectivity index (χ3v) is 0. The van der Waals surface area contributed by atoms with E-state index in [1.54, 1.807) is 0 Å². The predicted octanol–water partition coefficient (Wildman–Crippen LogP) is -2.32. The van der Waals surface area contributed by atoms with Crippen molar-refractivity contribution < 1.29 is 34.7 Å². The molecule has 0 heterocycles. The number of hydrogen-bond donors (Lipinski definition) is 0. The average molecular weight is 157 g/mol. The van der Waals surface area contributed by atoms with E-state index in [-0.39, 0.29) is 29.6 Å². The van der Waals surface area contributed by atoms with Crippen molar-refractivity contribution in [2.24, 2.45) is 0 Å². The number of rotatable bonds is 0. The molecule has 0 saturated heterocycles. The van der Waals surface area contributed by atoms with Crippen LogP contribution in [0, 0.1) is 0 Å². The summed E-state index contributed by atoms with van der Waals surface area (Å²) < 4.78 is -2.33. The average Bonchev–Trinajstić information content (AvgIpc) is 0.722. The molecule has 1 nitrogen and oxygen atoms in total. The van der Waals surface area contributed by atoms with E-state index in [0.29, 0.717) is 0 Å². The SMILES string of the molecule is [Na+].[O-]C(Cl)(Cl)Cl. The van der Waals surface area contributed by atoms with E-state index in [2.05, 4.69) is 34.8 Å². The first-order valence-electron chi connectivity index (χ1n) is 0.771. The summed E-state index contributed by atoms with van der Waals surface area (Å²) in [5.74, 6) is 0. The maximum absolute atomic E-state index is 9.40. The molecule has 0 aromatic carbocycles. The van der Waals surface area contributed by atoms with Crippen LogP contribution in [0.25, 0.3) is 0 Å². The standard InChI is InChI=1S/CCl3O.Na/c2-1(3,4)5;/q-1;+1. The van der Waals surface area contributed by atoms with Crippen molar-refractivity contribution in [1.82, 2.24) is 0 Å². The van der Waals surface area contributed by atoms with Gasteiger partial charge in [-0.1, -0.05) is 0 Å². The van der Waals surface area contributed by atoms with Gasteiger partial charge in [-0.05, 0) is 0 Å². The predicted molar refractivity (Wildman–Crippen MR) is 20.3 cm³/mol. The molecule has 0 saturated carbocycles. The summed E-state index contributed by atoms with van der Waals surface area (Å²) in [6, 6.07) is 0. The molecule has 0 spiro atoms. The Kier molecular flexibility index (Phi) is 6.78. The van der Waals surface area contributed by atoms with E-state index < -0.39 is 3.98 Å². The molecule has 0 aliphatic heterocycles. The van der Waals surface area contributed by atoms with E-state index in [4.69, 9.17) is 0 Å². The molecule has 0 atom stereocenters. The molecule has 32 valence electrons. The van der Waals surface area contributed by atoms with Crippen molar-refractivity contribution in [2.45, 2.75) is 3.98 Å². The number of alkyl halides is 3. The molecule has 0 rings (SSSR count). The minimum absolute atomic E-state index is 0. The Labute approximate surface area is 72.9 Å². The van der Waals surface area contributed by atoms with Crippen LogP contribution in [-0.4, -0.2) is 3.98 Å². The third kappa shape index (κ3) is 40.6. The maximum Gasteiger partial charge on any atom is 1.00 e. The van der Waals surface area contributed by atoms with Gasteiger partial charge >= 0.3 is 29.6 Å². The molecular weight excluding hydrogens is 157 g/mol. The summed E-state index contributed by atoms with van der Waals surface area (Å²) in [6.07, 6.45) is 0. The second kappa shape index (κ2) is 3.79. The van der Waals surface area contributed by atoms with Crippen LogP contribution in [-0.2, 0) is 0 Å². The molecule has 0 amide bonds. The zero-order valence-corrected chi connectivity index (χ0v) is 7.31. The van der Waals surface area contributed by atoms with Crippen molar-refractivity contribution in [3.8, 4) is 0 Å². The van der Waals surface area contributed by atoms with Crippen molar-refractivity contribution in [1.29, 1.82) is 0 Å². The van der Waals surface area contributed by atoms with Crippen LogP contribution in [0.4, 0.5) is 0 Å². The summed E-state index contributed by atoms with van der Waals surface area (Å²) in [7, 11) is 0. The van der Waals surface area contributed by atoms with Gasteiger partial charge in [-0.2, -0.15) is 0 Å². The zero-order chi connectivity index (χ0) is 4.50. The molecule has 0 bridgehead atoms. The first kappa shape index (κ1) is 10.7. The van der Waals surface area contributed by atoms with Crippen molar-refractivity contribution in [2.75, 3.05) is 0 Å².